The van der Waals surface area contributed by atoms with Crippen molar-refractivity contribution in [2.75, 3.05) is 14.2 Å². The zero-order valence-corrected chi connectivity index (χ0v) is 9.84. The standard InChI is InChI=1S/C13H16N2O/c1-10-14-9-8-13(15(10)2)11-4-6-12(16-3)7-5-11/h4-9,13H,1-3H3. The highest BCUT2D eigenvalue weighted by Gasteiger charge is 2.17. The lowest BCUT2D eigenvalue weighted by atomic mass is 10.0. The van der Waals surface area contributed by atoms with Gasteiger partial charge in [-0.25, -0.2) is 4.99 Å². The lowest BCUT2D eigenvalue weighted by Crippen LogP contribution is -2.29. The monoisotopic (exact) mass is 216 g/mol. The number of aliphatic imine (C=N–C) groups is 1. The normalized spacial score (nSPS) is 19.6. The van der Waals surface area contributed by atoms with Gasteiger partial charge in [0.2, 0.25) is 0 Å². The Balaban J connectivity index is 2.24. The number of hydrogen-bond acceptors (Lipinski definition) is 3. The first kappa shape index (κ1) is 10.7. The van der Waals surface area contributed by atoms with Crippen molar-refractivity contribution in [2.45, 2.75) is 13.0 Å². The summed E-state index contributed by atoms with van der Waals surface area (Å²) in [7, 11) is 3.73. The molecule has 0 amide bonds. The van der Waals surface area contributed by atoms with Gasteiger partial charge in [-0.3, -0.25) is 0 Å². The zero-order chi connectivity index (χ0) is 11.5. The molecule has 0 aromatic heterocycles. The zero-order valence-electron chi connectivity index (χ0n) is 9.84. The molecule has 0 saturated carbocycles. The summed E-state index contributed by atoms with van der Waals surface area (Å²) >= 11 is 0. The molecule has 0 bridgehead atoms. The van der Waals surface area contributed by atoms with Crippen molar-refractivity contribution in [3.05, 3.63) is 42.1 Å². The van der Waals surface area contributed by atoms with Crippen molar-refractivity contribution in [1.29, 1.82) is 0 Å². The van der Waals surface area contributed by atoms with E-state index in [-0.39, 0.29) is 6.04 Å². The van der Waals surface area contributed by atoms with Gasteiger partial charge in [0.1, 0.15) is 11.6 Å². The number of amidine groups is 1. The Morgan fingerprint density at radius 3 is 2.56 bits per heavy atom. The molecule has 1 heterocycles. The van der Waals surface area contributed by atoms with Crippen LogP contribution in [-0.4, -0.2) is 24.9 Å². The molecule has 1 aromatic carbocycles. The lowest BCUT2D eigenvalue weighted by Gasteiger charge is -2.29. The fraction of sp³-hybridized carbons (Fsp3) is 0.308. The predicted octanol–water partition coefficient (Wildman–Crippen LogP) is 2.61. The molecule has 0 fully saturated rings. The smallest absolute Gasteiger partial charge is 0.118 e. The van der Waals surface area contributed by atoms with Gasteiger partial charge in [0, 0.05) is 13.2 Å². The predicted molar refractivity (Wildman–Crippen MR) is 65.7 cm³/mol. The Hall–Kier alpha value is -1.77. The van der Waals surface area contributed by atoms with Gasteiger partial charge in [0.15, 0.2) is 0 Å². The Morgan fingerprint density at radius 2 is 1.94 bits per heavy atom. The molecular formula is C13H16N2O. The molecule has 3 heteroatoms. The summed E-state index contributed by atoms with van der Waals surface area (Å²) in [4.78, 5) is 6.41. The van der Waals surface area contributed by atoms with E-state index < -0.39 is 0 Å². The van der Waals surface area contributed by atoms with Crippen molar-refractivity contribution < 1.29 is 4.74 Å². The van der Waals surface area contributed by atoms with E-state index in [1.807, 2.05) is 25.3 Å². The van der Waals surface area contributed by atoms with Crippen molar-refractivity contribution in [2.24, 2.45) is 4.99 Å². The topological polar surface area (TPSA) is 24.8 Å². The summed E-state index contributed by atoms with van der Waals surface area (Å²) in [5, 5.41) is 0. The number of hydrogen-bond donors (Lipinski definition) is 0. The number of methoxy groups -OCH3 is 1. The molecule has 1 unspecified atom stereocenters. The van der Waals surface area contributed by atoms with Crippen LogP contribution in [0, 0.1) is 0 Å². The van der Waals surface area contributed by atoms with Crippen LogP contribution in [0.25, 0.3) is 0 Å². The Morgan fingerprint density at radius 1 is 1.25 bits per heavy atom. The summed E-state index contributed by atoms with van der Waals surface area (Å²) < 4.78 is 5.15. The molecule has 84 valence electrons. The van der Waals surface area contributed by atoms with Crippen LogP contribution in [0.5, 0.6) is 5.75 Å². The Labute approximate surface area is 96.1 Å². The maximum absolute atomic E-state index is 5.15. The van der Waals surface area contributed by atoms with E-state index >= 15 is 0 Å². The molecule has 1 aromatic rings. The highest BCUT2D eigenvalue weighted by atomic mass is 16.5. The van der Waals surface area contributed by atoms with Gasteiger partial charge in [-0.1, -0.05) is 12.1 Å². The molecule has 0 spiro atoms. The summed E-state index contributed by atoms with van der Waals surface area (Å²) in [5.41, 5.74) is 1.24. The van der Waals surface area contributed by atoms with Crippen LogP contribution in [-0.2, 0) is 0 Å². The maximum atomic E-state index is 5.15. The fourth-order valence-electron chi connectivity index (χ4n) is 1.79. The van der Waals surface area contributed by atoms with Crippen molar-refractivity contribution in [1.82, 2.24) is 4.90 Å². The number of ether oxygens (including phenoxy) is 1. The quantitative estimate of drug-likeness (QED) is 0.759. The SMILES string of the molecule is COc1ccc(C2C=CN=C(C)N2C)cc1. The highest BCUT2D eigenvalue weighted by molar-refractivity contribution is 5.81. The average molecular weight is 216 g/mol. The minimum absolute atomic E-state index is 0.267. The van der Waals surface area contributed by atoms with E-state index in [9.17, 15) is 0 Å². The molecule has 16 heavy (non-hydrogen) atoms. The van der Waals surface area contributed by atoms with E-state index in [0.29, 0.717) is 0 Å². The van der Waals surface area contributed by atoms with Crippen LogP contribution in [0.3, 0.4) is 0 Å². The van der Waals surface area contributed by atoms with Crippen LogP contribution in [0.1, 0.15) is 18.5 Å². The van der Waals surface area contributed by atoms with Gasteiger partial charge in [0.25, 0.3) is 0 Å². The van der Waals surface area contributed by atoms with E-state index in [1.165, 1.54) is 5.56 Å². The molecule has 0 radical (unpaired) electrons. The molecule has 1 aliphatic rings. The molecule has 0 aliphatic carbocycles. The summed E-state index contributed by atoms with van der Waals surface area (Å²) in [6.45, 7) is 2.01. The first-order chi connectivity index (χ1) is 7.72. The highest BCUT2D eigenvalue weighted by Crippen LogP contribution is 2.25. The summed E-state index contributed by atoms with van der Waals surface area (Å²) in [6, 6.07) is 8.41. The molecule has 1 aliphatic heterocycles. The van der Waals surface area contributed by atoms with Crippen molar-refractivity contribution >= 4 is 5.84 Å². The van der Waals surface area contributed by atoms with Crippen molar-refractivity contribution in [3.8, 4) is 5.75 Å². The second kappa shape index (κ2) is 4.39. The average Bonchev–Trinajstić information content (AvgIpc) is 2.33. The van der Waals surface area contributed by atoms with Gasteiger partial charge in [-0.15, -0.1) is 0 Å². The van der Waals surface area contributed by atoms with Gasteiger partial charge in [-0.2, -0.15) is 0 Å². The van der Waals surface area contributed by atoms with Gasteiger partial charge >= 0.3 is 0 Å². The second-order valence-electron chi connectivity index (χ2n) is 3.85. The van der Waals surface area contributed by atoms with E-state index in [1.54, 1.807) is 7.11 Å². The summed E-state index contributed by atoms with van der Waals surface area (Å²) in [6.07, 6.45) is 3.96. The molecule has 3 nitrogen and oxygen atoms in total. The molecule has 0 N–H and O–H groups in total. The van der Waals surface area contributed by atoms with Crippen LogP contribution >= 0.6 is 0 Å². The van der Waals surface area contributed by atoms with Gasteiger partial charge < -0.3 is 9.64 Å². The Kier molecular flexibility index (Phi) is 2.95. The number of rotatable bonds is 2. The number of benzene rings is 1. The molecular weight excluding hydrogens is 200 g/mol. The lowest BCUT2D eigenvalue weighted by molar-refractivity contribution is 0.411. The third-order valence-corrected chi connectivity index (χ3v) is 2.91. The number of likely N-dealkylation sites (N-methyl/N-ethyl adjacent to an activating group) is 1. The molecule has 0 saturated heterocycles. The first-order valence-corrected chi connectivity index (χ1v) is 5.30. The minimum Gasteiger partial charge on any atom is -0.497 e. The number of nitrogens with zero attached hydrogens (tertiary/aromatic N) is 2. The third kappa shape index (κ3) is 1.94. The van der Waals surface area contributed by atoms with Crippen LogP contribution in [0.4, 0.5) is 0 Å². The van der Waals surface area contributed by atoms with Crippen LogP contribution < -0.4 is 4.74 Å². The first-order valence-electron chi connectivity index (χ1n) is 5.30. The second-order valence-corrected chi connectivity index (χ2v) is 3.85. The van der Waals surface area contributed by atoms with Gasteiger partial charge in [0.05, 0.1) is 13.2 Å². The Bertz CT molecular complexity index is 420. The minimum atomic E-state index is 0.267. The van der Waals surface area contributed by atoms with E-state index in [4.69, 9.17) is 4.74 Å². The van der Waals surface area contributed by atoms with Crippen LogP contribution in [0.2, 0.25) is 0 Å². The molecule has 2 rings (SSSR count). The maximum Gasteiger partial charge on any atom is 0.118 e. The molecule has 1 atom stereocenters. The summed E-state index contributed by atoms with van der Waals surface area (Å²) in [5.74, 6) is 1.92. The third-order valence-electron chi connectivity index (χ3n) is 2.91. The van der Waals surface area contributed by atoms with E-state index in [2.05, 4.69) is 35.1 Å². The largest absolute Gasteiger partial charge is 0.497 e. The van der Waals surface area contributed by atoms with Crippen LogP contribution in [0.15, 0.2) is 41.5 Å². The van der Waals surface area contributed by atoms with Gasteiger partial charge in [-0.05, 0) is 30.7 Å². The fourth-order valence-corrected chi connectivity index (χ4v) is 1.79. The van der Waals surface area contributed by atoms with E-state index in [0.717, 1.165) is 11.6 Å². The van der Waals surface area contributed by atoms with Crippen molar-refractivity contribution in [3.63, 3.8) is 0 Å².